The van der Waals surface area contributed by atoms with E-state index in [9.17, 15) is 13.2 Å². The van der Waals surface area contributed by atoms with E-state index in [1.165, 1.54) is 12.1 Å². The molecule has 0 spiro atoms. The van der Waals surface area contributed by atoms with Gasteiger partial charge in [0.05, 0.1) is 11.3 Å². The Morgan fingerprint density at radius 2 is 1.76 bits per heavy atom. The van der Waals surface area contributed by atoms with Gasteiger partial charge in [0, 0.05) is 12.2 Å². The van der Waals surface area contributed by atoms with Gasteiger partial charge < -0.3 is 4.57 Å². The van der Waals surface area contributed by atoms with Crippen LogP contribution in [0.4, 0.5) is 13.2 Å². The van der Waals surface area contributed by atoms with E-state index in [2.05, 4.69) is 9.55 Å². The van der Waals surface area contributed by atoms with Crippen molar-refractivity contribution in [1.29, 1.82) is 0 Å². The van der Waals surface area contributed by atoms with Crippen LogP contribution in [0, 0.1) is 6.92 Å². The molecular weight excluding hydrogens is 277 g/mol. The number of halogens is 3. The van der Waals surface area contributed by atoms with E-state index in [0.29, 0.717) is 6.54 Å². The minimum absolute atomic E-state index is 0.590. The zero-order valence-electron chi connectivity index (χ0n) is 11.9. The molecule has 2 nitrogen and oxygen atoms in total. The van der Waals surface area contributed by atoms with Crippen molar-refractivity contribution in [3.8, 4) is 0 Å². The SMILES string of the molecule is Cc1nc2c(n1Cc1ccc(C(F)(F)F)cc1)CCCC2. The monoisotopic (exact) mass is 294 g/mol. The molecule has 0 unspecified atom stereocenters. The fourth-order valence-corrected chi connectivity index (χ4v) is 2.93. The minimum atomic E-state index is -4.28. The van der Waals surface area contributed by atoms with Crippen LogP contribution in [0.1, 0.15) is 41.2 Å². The van der Waals surface area contributed by atoms with Crippen LogP contribution in [0.3, 0.4) is 0 Å². The third-order valence-corrected chi connectivity index (χ3v) is 4.05. The fourth-order valence-electron chi connectivity index (χ4n) is 2.93. The van der Waals surface area contributed by atoms with Crippen LogP contribution in [0.2, 0.25) is 0 Å². The molecule has 0 aliphatic heterocycles. The molecular formula is C16H17F3N2. The van der Waals surface area contributed by atoms with Crippen molar-refractivity contribution in [3.05, 3.63) is 52.6 Å². The summed E-state index contributed by atoms with van der Waals surface area (Å²) in [5.74, 6) is 0.946. The number of rotatable bonds is 2. The van der Waals surface area contributed by atoms with E-state index in [1.54, 1.807) is 12.1 Å². The molecule has 0 saturated carbocycles. The van der Waals surface area contributed by atoms with Gasteiger partial charge >= 0.3 is 6.18 Å². The normalized spacial score (nSPS) is 15.0. The zero-order chi connectivity index (χ0) is 15.0. The van der Waals surface area contributed by atoms with Gasteiger partial charge in [-0.2, -0.15) is 13.2 Å². The van der Waals surface area contributed by atoms with E-state index in [-0.39, 0.29) is 0 Å². The molecule has 0 amide bonds. The maximum Gasteiger partial charge on any atom is 0.416 e. The molecule has 1 heterocycles. The second-order valence-corrected chi connectivity index (χ2v) is 5.54. The molecule has 1 aliphatic carbocycles. The van der Waals surface area contributed by atoms with Gasteiger partial charge in [-0.3, -0.25) is 0 Å². The van der Waals surface area contributed by atoms with Crippen molar-refractivity contribution < 1.29 is 13.2 Å². The predicted molar refractivity (Wildman–Crippen MR) is 74.2 cm³/mol. The van der Waals surface area contributed by atoms with Crippen molar-refractivity contribution in [3.63, 3.8) is 0 Å². The smallest absolute Gasteiger partial charge is 0.328 e. The van der Waals surface area contributed by atoms with Crippen molar-refractivity contribution in [2.45, 2.75) is 45.3 Å². The topological polar surface area (TPSA) is 17.8 Å². The number of hydrogen-bond acceptors (Lipinski definition) is 1. The van der Waals surface area contributed by atoms with E-state index in [0.717, 1.165) is 48.5 Å². The van der Waals surface area contributed by atoms with Crippen molar-refractivity contribution in [2.75, 3.05) is 0 Å². The number of imidazole rings is 1. The van der Waals surface area contributed by atoms with E-state index in [1.807, 2.05) is 6.92 Å². The number of nitrogens with zero attached hydrogens (tertiary/aromatic N) is 2. The van der Waals surface area contributed by atoms with E-state index >= 15 is 0 Å². The first-order valence-electron chi connectivity index (χ1n) is 7.16. The second-order valence-electron chi connectivity index (χ2n) is 5.54. The average molecular weight is 294 g/mol. The number of alkyl halides is 3. The molecule has 0 saturated heterocycles. The molecule has 3 rings (SSSR count). The lowest BCUT2D eigenvalue weighted by atomic mass is 10.0. The van der Waals surface area contributed by atoms with Crippen LogP contribution in [0.15, 0.2) is 24.3 Å². The Balaban J connectivity index is 1.86. The van der Waals surface area contributed by atoms with Crippen LogP contribution in [-0.4, -0.2) is 9.55 Å². The molecule has 0 bridgehead atoms. The Hall–Kier alpha value is -1.78. The summed E-state index contributed by atoms with van der Waals surface area (Å²) in [6, 6.07) is 5.40. The predicted octanol–water partition coefficient (Wildman–Crippen LogP) is 4.14. The molecule has 112 valence electrons. The van der Waals surface area contributed by atoms with E-state index < -0.39 is 11.7 Å². The van der Waals surface area contributed by atoms with Gasteiger partial charge in [-0.1, -0.05) is 12.1 Å². The van der Waals surface area contributed by atoms with Gasteiger partial charge in [0.1, 0.15) is 5.82 Å². The van der Waals surface area contributed by atoms with Gasteiger partial charge in [0.15, 0.2) is 0 Å². The number of benzene rings is 1. The summed E-state index contributed by atoms with van der Waals surface area (Å²) in [6.07, 6.45) is 0.0739. The summed E-state index contributed by atoms with van der Waals surface area (Å²) >= 11 is 0. The van der Waals surface area contributed by atoms with Crippen molar-refractivity contribution in [2.24, 2.45) is 0 Å². The lowest BCUT2D eigenvalue weighted by Crippen LogP contribution is -2.11. The first-order valence-corrected chi connectivity index (χ1v) is 7.16. The number of aryl methyl sites for hydroxylation is 2. The summed E-state index contributed by atoms with van der Waals surface area (Å²) in [6.45, 7) is 2.55. The Bertz CT molecular complexity index is 639. The zero-order valence-corrected chi connectivity index (χ0v) is 11.9. The van der Waals surface area contributed by atoms with Crippen LogP contribution < -0.4 is 0 Å². The molecule has 1 aliphatic rings. The summed E-state index contributed by atoms with van der Waals surface area (Å²) in [7, 11) is 0. The molecule has 0 atom stereocenters. The van der Waals surface area contributed by atoms with Gasteiger partial charge in [0.25, 0.3) is 0 Å². The van der Waals surface area contributed by atoms with Gasteiger partial charge in [-0.25, -0.2) is 4.98 Å². The Labute approximate surface area is 121 Å². The first-order chi connectivity index (χ1) is 9.95. The largest absolute Gasteiger partial charge is 0.416 e. The standard InChI is InChI=1S/C16H17F3N2/c1-11-20-14-4-2-3-5-15(14)21(11)10-12-6-8-13(9-7-12)16(17,18)19/h6-9H,2-5,10H2,1H3. The van der Waals surface area contributed by atoms with E-state index in [4.69, 9.17) is 0 Å². The highest BCUT2D eigenvalue weighted by Crippen LogP contribution is 2.29. The quantitative estimate of drug-likeness (QED) is 0.814. The molecule has 0 N–H and O–H groups in total. The summed E-state index contributed by atoms with van der Waals surface area (Å²) in [4.78, 5) is 4.59. The third-order valence-electron chi connectivity index (χ3n) is 4.05. The molecule has 0 radical (unpaired) electrons. The molecule has 2 aromatic rings. The molecule has 1 aromatic carbocycles. The molecule has 21 heavy (non-hydrogen) atoms. The average Bonchev–Trinajstić information content (AvgIpc) is 2.75. The first kappa shape index (κ1) is 14.2. The second kappa shape index (κ2) is 5.20. The highest BCUT2D eigenvalue weighted by Gasteiger charge is 2.30. The van der Waals surface area contributed by atoms with Crippen LogP contribution >= 0.6 is 0 Å². The summed E-state index contributed by atoms with van der Waals surface area (Å²) in [5.41, 5.74) is 2.68. The van der Waals surface area contributed by atoms with Gasteiger partial charge in [0.2, 0.25) is 0 Å². The van der Waals surface area contributed by atoms with Crippen LogP contribution in [-0.2, 0) is 25.6 Å². The fraction of sp³-hybridized carbons (Fsp3) is 0.438. The number of fused-ring (bicyclic) bond motifs is 1. The minimum Gasteiger partial charge on any atom is -0.328 e. The van der Waals surface area contributed by atoms with Gasteiger partial charge in [-0.15, -0.1) is 0 Å². The number of hydrogen-bond donors (Lipinski definition) is 0. The molecule has 5 heteroatoms. The summed E-state index contributed by atoms with van der Waals surface area (Å²) in [5, 5.41) is 0. The molecule has 0 fully saturated rings. The maximum atomic E-state index is 12.6. The highest BCUT2D eigenvalue weighted by molar-refractivity contribution is 5.27. The lowest BCUT2D eigenvalue weighted by Gasteiger charge is -2.15. The Morgan fingerprint density at radius 3 is 2.43 bits per heavy atom. The van der Waals surface area contributed by atoms with Crippen LogP contribution in [0.5, 0.6) is 0 Å². The molecule has 1 aromatic heterocycles. The van der Waals surface area contributed by atoms with Crippen molar-refractivity contribution in [1.82, 2.24) is 9.55 Å². The maximum absolute atomic E-state index is 12.6. The third kappa shape index (κ3) is 2.82. The number of aromatic nitrogens is 2. The van der Waals surface area contributed by atoms with Gasteiger partial charge in [-0.05, 0) is 50.3 Å². The Kier molecular flexibility index (Phi) is 3.51. The lowest BCUT2D eigenvalue weighted by molar-refractivity contribution is -0.137. The Morgan fingerprint density at radius 1 is 1.10 bits per heavy atom. The summed E-state index contributed by atoms with van der Waals surface area (Å²) < 4.78 is 39.8. The van der Waals surface area contributed by atoms with Crippen LogP contribution in [0.25, 0.3) is 0 Å². The highest BCUT2D eigenvalue weighted by atomic mass is 19.4. The van der Waals surface area contributed by atoms with Crippen molar-refractivity contribution >= 4 is 0 Å².